The molecule has 2 atom stereocenters. The molecule has 0 saturated carbocycles. The van der Waals surface area contributed by atoms with Crippen molar-refractivity contribution in [3.63, 3.8) is 0 Å². The number of alkyl halides is 3. The van der Waals surface area contributed by atoms with Gasteiger partial charge in [-0.2, -0.15) is 13.2 Å². The number of hydrogen-bond donors (Lipinski definition) is 3. The number of aliphatic hydroxyl groups is 1. The number of hydrogen-bond acceptors (Lipinski definition) is 4. The molecule has 0 bridgehead atoms. The number of halogens is 5. The zero-order chi connectivity index (χ0) is 26.0. The largest absolute Gasteiger partial charge is 0.478 e. The summed E-state index contributed by atoms with van der Waals surface area (Å²) in [6, 6.07) is 11.6. The summed E-state index contributed by atoms with van der Waals surface area (Å²) in [5.41, 5.74) is -3.01. The summed E-state index contributed by atoms with van der Waals surface area (Å²) in [7, 11) is 0. The van der Waals surface area contributed by atoms with E-state index in [0.717, 1.165) is 18.3 Å². The average molecular weight is 527 g/mol. The number of amides is 1. The predicted molar refractivity (Wildman–Crippen MR) is 124 cm³/mol. The standard InChI is InChI=1S/C24H19Cl2F3N2O4/c1-13(23(35,24(27,28)29)17-8-9-30-20(26)11-17)18-7-6-16(10-19(18)25)21(32)31-12-14-2-4-15(5-3-14)22(33)34/h2-11,13,35H,12H2,1H3,(H,31,32)(H,33,34)/t13-,23-/m1/s1. The molecule has 1 aromatic heterocycles. The summed E-state index contributed by atoms with van der Waals surface area (Å²) in [6.07, 6.45) is -4.02. The molecule has 1 amide bonds. The van der Waals surface area contributed by atoms with E-state index >= 15 is 0 Å². The highest BCUT2D eigenvalue weighted by Crippen LogP contribution is 2.49. The maximum absolute atomic E-state index is 14.1. The molecular weight excluding hydrogens is 508 g/mol. The molecular formula is C24H19Cl2F3N2O4. The average Bonchev–Trinajstić information content (AvgIpc) is 2.81. The maximum Gasteiger partial charge on any atom is 0.422 e. The Hall–Kier alpha value is -3.14. The van der Waals surface area contributed by atoms with Crippen molar-refractivity contribution in [3.8, 4) is 0 Å². The Morgan fingerprint density at radius 2 is 1.66 bits per heavy atom. The Balaban J connectivity index is 1.83. The number of carboxylic acid groups (broad SMARTS) is 1. The Morgan fingerprint density at radius 3 is 2.20 bits per heavy atom. The second-order valence-electron chi connectivity index (χ2n) is 7.77. The van der Waals surface area contributed by atoms with Gasteiger partial charge in [0.25, 0.3) is 5.91 Å². The molecule has 3 rings (SSSR count). The first-order chi connectivity index (χ1) is 16.3. The lowest BCUT2D eigenvalue weighted by molar-refractivity contribution is -0.274. The molecule has 0 fully saturated rings. The molecule has 0 aliphatic heterocycles. The van der Waals surface area contributed by atoms with Crippen molar-refractivity contribution in [1.82, 2.24) is 10.3 Å². The Bertz CT molecular complexity index is 1250. The number of nitrogens with zero attached hydrogens (tertiary/aromatic N) is 1. The van der Waals surface area contributed by atoms with Gasteiger partial charge >= 0.3 is 12.1 Å². The van der Waals surface area contributed by atoms with Gasteiger partial charge in [0.15, 0.2) is 5.60 Å². The minimum absolute atomic E-state index is 0.0276. The minimum Gasteiger partial charge on any atom is -0.478 e. The van der Waals surface area contributed by atoms with Gasteiger partial charge in [0.05, 0.1) is 5.56 Å². The van der Waals surface area contributed by atoms with Crippen LogP contribution in [0.25, 0.3) is 0 Å². The topological polar surface area (TPSA) is 99.5 Å². The molecule has 2 aromatic carbocycles. The van der Waals surface area contributed by atoms with Crippen LogP contribution in [-0.2, 0) is 12.1 Å². The number of pyridine rings is 1. The zero-order valence-electron chi connectivity index (χ0n) is 18.1. The second-order valence-corrected chi connectivity index (χ2v) is 8.57. The van der Waals surface area contributed by atoms with E-state index in [2.05, 4.69) is 10.3 Å². The quantitative estimate of drug-likeness (QED) is 0.349. The van der Waals surface area contributed by atoms with Gasteiger partial charge in [-0.3, -0.25) is 4.79 Å². The molecule has 0 spiro atoms. The molecule has 0 unspecified atom stereocenters. The number of carbonyl (C=O) groups excluding carboxylic acids is 1. The number of rotatable bonds is 7. The fraction of sp³-hybridized carbons (Fsp3) is 0.208. The lowest BCUT2D eigenvalue weighted by Gasteiger charge is -2.37. The molecule has 35 heavy (non-hydrogen) atoms. The van der Waals surface area contributed by atoms with Crippen LogP contribution >= 0.6 is 23.2 Å². The maximum atomic E-state index is 14.1. The van der Waals surface area contributed by atoms with Gasteiger partial charge < -0.3 is 15.5 Å². The van der Waals surface area contributed by atoms with Crippen LogP contribution in [0.15, 0.2) is 60.8 Å². The van der Waals surface area contributed by atoms with Gasteiger partial charge in [-0.05, 0) is 53.1 Å². The summed E-state index contributed by atoms with van der Waals surface area (Å²) < 4.78 is 42.2. The van der Waals surface area contributed by atoms with Crippen molar-refractivity contribution in [1.29, 1.82) is 0 Å². The molecule has 0 radical (unpaired) electrons. The third kappa shape index (κ3) is 5.58. The van der Waals surface area contributed by atoms with E-state index in [1.807, 2.05) is 0 Å². The van der Waals surface area contributed by atoms with E-state index < -0.39 is 35.1 Å². The number of aromatic nitrogens is 1. The predicted octanol–water partition coefficient (Wildman–Crippen LogP) is 5.57. The minimum atomic E-state index is -5.08. The lowest BCUT2D eigenvalue weighted by Crippen LogP contribution is -2.46. The fourth-order valence-electron chi connectivity index (χ4n) is 3.59. The van der Waals surface area contributed by atoms with Crippen molar-refractivity contribution in [3.05, 3.63) is 98.8 Å². The summed E-state index contributed by atoms with van der Waals surface area (Å²) in [4.78, 5) is 27.1. The van der Waals surface area contributed by atoms with Crippen LogP contribution in [0.1, 0.15) is 50.2 Å². The van der Waals surface area contributed by atoms with Crippen molar-refractivity contribution in [2.24, 2.45) is 0 Å². The van der Waals surface area contributed by atoms with Gasteiger partial charge in [0.1, 0.15) is 5.15 Å². The van der Waals surface area contributed by atoms with Crippen LogP contribution in [0.2, 0.25) is 10.2 Å². The van der Waals surface area contributed by atoms with E-state index in [9.17, 15) is 27.9 Å². The zero-order valence-corrected chi connectivity index (χ0v) is 19.6. The number of benzene rings is 2. The van der Waals surface area contributed by atoms with Gasteiger partial charge in [0, 0.05) is 29.2 Å². The Kier molecular flexibility index (Phi) is 7.74. The highest BCUT2D eigenvalue weighted by Gasteiger charge is 2.59. The van der Waals surface area contributed by atoms with Crippen LogP contribution in [0.5, 0.6) is 0 Å². The van der Waals surface area contributed by atoms with Gasteiger partial charge in [-0.1, -0.05) is 48.3 Å². The van der Waals surface area contributed by atoms with E-state index in [4.69, 9.17) is 28.3 Å². The van der Waals surface area contributed by atoms with Gasteiger partial charge in [0.2, 0.25) is 0 Å². The molecule has 0 aliphatic carbocycles. The van der Waals surface area contributed by atoms with Crippen molar-refractivity contribution in [2.45, 2.75) is 31.2 Å². The van der Waals surface area contributed by atoms with Crippen LogP contribution in [0, 0.1) is 0 Å². The molecule has 0 saturated heterocycles. The normalized spacial score (nSPS) is 14.1. The second kappa shape index (κ2) is 10.2. The van der Waals surface area contributed by atoms with Gasteiger partial charge in [-0.25, -0.2) is 9.78 Å². The molecule has 6 nitrogen and oxygen atoms in total. The summed E-state index contributed by atoms with van der Waals surface area (Å²) in [5, 5.41) is 22.1. The van der Waals surface area contributed by atoms with Crippen LogP contribution in [0.4, 0.5) is 13.2 Å². The van der Waals surface area contributed by atoms with E-state index in [1.165, 1.54) is 37.3 Å². The molecule has 3 N–H and O–H groups in total. The fourth-order valence-corrected chi connectivity index (χ4v) is 4.11. The number of nitrogens with one attached hydrogen (secondary N) is 1. The van der Waals surface area contributed by atoms with E-state index in [-0.39, 0.29) is 33.4 Å². The summed E-state index contributed by atoms with van der Waals surface area (Å²) in [5.74, 6) is -3.17. The smallest absolute Gasteiger partial charge is 0.422 e. The van der Waals surface area contributed by atoms with Crippen molar-refractivity contribution < 1.29 is 33.0 Å². The van der Waals surface area contributed by atoms with Crippen molar-refractivity contribution in [2.75, 3.05) is 0 Å². The molecule has 3 aromatic rings. The third-order valence-corrected chi connectivity index (χ3v) is 6.14. The molecule has 184 valence electrons. The molecule has 0 aliphatic rings. The van der Waals surface area contributed by atoms with Crippen molar-refractivity contribution >= 4 is 35.1 Å². The monoisotopic (exact) mass is 526 g/mol. The van der Waals surface area contributed by atoms with E-state index in [0.29, 0.717) is 5.56 Å². The summed E-state index contributed by atoms with van der Waals surface area (Å²) in [6.45, 7) is 1.26. The number of aromatic carboxylic acids is 1. The first-order valence-electron chi connectivity index (χ1n) is 10.2. The first kappa shape index (κ1) is 26.5. The summed E-state index contributed by atoms with van der Waals surface area (Å²) >= 11 is 12.0. The van der Waals surface area contributed by atoms with Crippen LogP contribution < -0.4 is 5.32 Å². The number of carboxylic acids is 1. The number of carbonyl (C=O) groups is 2. The Labute approximate surface area is 208 Å². The first-order valence-corrected chi connectivity index (χ1v) is 10.9. The van der Waals surface area contributed by atoms with Crippen LogP contribution in [0.3, 0.4) is 0 Å². The third-order valence-electron chi connectivity index (χ3n) is 5.61. The van der Waals surface area contributed by atoms with Crippen LogP contribution in [-0.4, -0.2) is 33.2 Å². The highest BCUT2D eigenvalue weighted by atomic mass is 35.5. The van der Waals surface area contributed by atoms with E-state index in [1.54, 1.807) is 12.1 Å². The van der Waals surface area contributed by atoms with Gasteiger partial charge in [-0.15, -0.1) is 0 Å². The molecule has 1 heterocycles. The molecule has 11 heteroatoms. The highest BCUT2D eigenvalue weighted by molar-refractivity contribution is 6.31. The Morgan fingerprint density at radius 1 is 1.03 bits per heavy atom. The SMILES string of the molecule is C[C@H](c1ccc(C(=O)NCc2ccc(C(=O)O)cc2)cc1Cl)[C@@](O)(c1ccnc(Cl)c1)C(F)(F)F. The lowest BCUT2D eigenvalue weighted by atomic mass is 9.78.